The highest BCUT2D eigenvalue weighted by Crippen LogP contribution is 2.17. The van der Waals surface area contributed by atoms with Crippen LogP contribution in [0.5, 0.6) is 0 Å². The fourth-order valence-corrected chi connectivity index (χ4v) is 3.42. The van der Waals surface area contributed by atoms with Crippen LogP contribution in [0.3, 0.4) is 0 Å². The van der Waals surface area contributed by atoms with Crippen LogP contribution in [0.25, 0.3) is 0 Å². The second-order valence-electron chi connectivity index (χ2n) is 6.69. The van der Waals surface area contributed by atoms with Crippen molar-refractivity contribution in [2.24, 2.45) is 0 Å². The Bertz CT molecular complexity index is 996. The highest BCUT2D eigenvalue weighted by atomic mass is 32.1. The number of thiophene rings is 1. The first-order chi connectivity index (χ1) is 13.9. The molecule has 148 valence electrons. The minimum absolute atomic E-state index is 0.146. The Morgan fingerprint density at radius 2 is 1.48 bits per heavy atom. The van der Waals surface area contributed by atoms with Gasteiger partial charge in [-0.3, -0.25) is 14.9 Å². The van der Waals surface area contributed by atoms with Crippen molar-refractivity contribution < 1.29 is 9.59 Å². The molecule has 5 nitrogen and oxygen atoms in total. The van der Waals surface area contributed by atoms with Crippen molar-refractivity contribution in [2.45, 2.75) is 19.8 Å². The Kier molecular flexibility index (Phi) is 6.74. The monoisotopic (exact) mass is 423 g/mol. The summed E-state index contributed by atoms with van der Waals surface area (Å²) < 4.78 is 0. The van der Waals surface area contributed by atoms with E-state index >= 15 is 0 Å². The van der Waals surface area contributed by atoms with E-state index in [1.54, 1.807) is 42.5 Å². The molecule has 0 fully saturated rings. The Morgan fingerprint density at radius 1 is 0.862 bits per heavy atom. The fourth-order valence-electron chi connectivity index (χ4n) is 2.59. The van der Waals surface area contributed by atoms with Gasteiger partial charge in [-0.2, -0.15) is 0 Å². The van der Waals surface area contributed by atoms with E-state index in [1.807, 2.05) is 23.6 Å². The van der Waals surface area contributed by atoms with Crippen LogP contribution in [0, 0.1) is 0 Å². The van der Waals surface area contributed by atoms with Crippen LogP contribution in [0.2, 0.25) is 0 Å². The highest BCUT2D eigenvalue weighted by Gasteiger charge is 2.10. The summed E-state index contributed by atoms with van der Waals surface area (Å²) in [7, 11) is 0. The number of rotatable bonds is 5. The molecule has 2 aromatic carbocycles. The summed E-state index contributed by atoms with van der Waals surface area (Å²) in [5.41, 5.74) is 3.10. The lowest BCUT2D eigenvalue weighted by molar-refractivity contribution is 0.0976. The van der Waals surface area contributed by atoms with Crippen LogP contribution in [0.4, 0.5) is 11.4 Å². The van der Waals surface area contributed by atoms with Crippen molar-refractivity contribution in [3.05, 3.63) is 82.0 Å². The van der Waals surface area contributed by atoms with E-state index in [9.17, 15) is 9.59 Å². The van der Waals surface area contributed by atoms with Gasteiger partial charge >= 0.3 is 0 Å². The first kappa shape index (κ1) is 20.7. The van der Waals surface area contributed by atoms with Crippen LogP contribution in [0.1, 0.15) is 45.4 Å². The first-order valence-corrected chi connectivity index (χ1v) is 10.4. The third-order valence-electron chi connectivity index (χ3n) is 4.21. The van der Waals surface area contributed by atoms with E-state index in [4.69, 9.17) is 12.2 Å². The second kappa shape index (κ2) is 9.45. The molecule has 0 unspecified atom stereocenters. The minimum atomic E-state index is -0.266. The van der Waals surface area contributed by atoms with Gasteiger partial charge in [-0.1, -0.05) is 32.0 Å². The zero-order chi connectivity index (χ0) is 20.8. The molecule has 0 aliphatic heterocycles. The molecule has 0 saturated carbocycles. The number of hydrogen-bond acceptors (Lipinski definition) is 4. The maximum Gasteiger partial charge on any atom is 0.265 e. The normalized spacial score (nSPS) is 10.4. The van der Waals surface area contributed by atoms with Crippen molar-refractivity contribution >= 4 is 51.9 Å². The molecule has 7 heteroatoms. The molecule has 0 atom stereocenters. The van der Waals surface area contributed by atoms with E-state index < -0.39 is 0 Å². The molecule has 0 spiro atoms. The Hall–Kier alpha value is -3.03. The van der Waals surface area contributed by atoms with Crippen molar-refractivity contribution in [3.63, 3.8) is 0 Å². The van der Waals surface area contributed by atoms with Crippen molar-refractivity contribution in [1.82, 2.24) is 5.32 Å². The van der Waals surface area contributed by atoms with Gasteiger partial charge in [-0.15, -0.1) is 11.3 Å². The van der Waals surface area contributed by atoms with E-state index in [2.05, 4.69) is 29.8 Å². The number of hydrogen-bond donors (Lipinski definition) is 3. The second-order valence-corrected chi connectivity index (χ2v) is 8.05. The number of anilines is 2. The van der Waals surface area contributed by atoms with Gasteiger partial charge in [0.25, 0.3) is 11.8 Å². The van der Waals surface area contributed by atoms with Gasteiger partial charge in [0.1, 0.15) is 0 Å². The molecule has 0 radical (unpaired) electrons. The zero-order valence-electron chi connectivity index (χ0n) is 16.1. The van der Waals surface area contributed by atoms with Crippen LogP contribution in [0.15, 0.2) is 66.0 Å². The lowest BCUT2D eigenvalue weighted by atomic mass is 10.0. The van der Waals surface area contributed by atoms with Crippen LogP contribution in [-0.2, 0) is 0 Å². The van der Waals surface area contributed by atoms with Crippen molar-refractivity contribution in [3.8, 4) is 0 Å². The summed E-state index contributed by atoms with van der Waals surface area (Å²) in [5.74, 6) is -0.00228. The molecule has 0 aliphatic rings. The smallest absolute Gasteiger partial charge is 0.265 e. The summed E-state index contributed by atoms with van der Waals surface area (Å²) in [4.78, 5) is 25.0. The van der Waals surface area contributed by atoms with E-state index in [1.165, 1.54) is 16.9 Å². The highest BCUT2D eigenvalue weighted by molar-refractivity contribution is 7.80. The summed E-state index contributed by atoms with van der Waals surface area (Å²) in [6.07, 6.45) is 0. The molecule has 0 bridgehead atoms. The Labute approximate surface area is 179 Å². The minimum Gasteiger partial charge on any atom is -0.332 e. The van der Waals surface area contributed by atoms with Crippen molar-refractivity contribution in [1.29, 1.82) is 0 Å². The number of carbonyl (C=O) groups is 2. The predicted molar refractivity (Wildman–Crippen MR) is 123 cm³/mol. The first-order valence-electron chi connectivity index (χ1n) is 9.09. The Balaban J connectivity index is 1.53. The average Bonchev–Trinajstić information content (AvgIpc) is 3.24. The van der Waals surface area contributed by atoms with Gasteiger partial charge in [0.05, 0.1) is 4.88 Å². The van der Waals surface area contributed by atoms with E-state index in [0.29, 0.717) is 27.7 Å². The predicted octanol–water partition coefficient (Wildman–Crippen LogP) is 5.25. The van der Waals surface area contributed by atoms with Gasteiger partial charge < -0.3 is 10.6 Å². The standard InChI is InChI=1S/C22H21N3O2S2/c1-14(2)15-5-7-16(8-6-15)20(26)25-22(28)24-18-11-9-17(10-12-18)23-21(27)19-4-3-13-29-19/h3-14H,1-2H3,(H,23,27)(H2,24,25,26,28). The third-order valence-corrected chi connectivity index (χ3v) is 5.28. The molecule has 2 amide bonds. The molecule has 0 saturated heterocycles. The zero-order valence-corrected chi connectivity index (χ0v) is 17.7. The number of thiocarbonyl (C=S) groups is 1. The molecule has 3 N–H and O–H groups in total. The number of benzene rings is 2. The van der Waals surface area contributed by atoms with Crippen molar-refractivity contribution in [2.75, 3.05) is 10.6 Å². The Morgan fingerprint density at radius 3 is 2.03 bits per heavy atom. The molecule has 3 aromatic rings. The van der Waals surface area contributed by atoms with Gasteiger partial charge in [-0.05, 0) is 71.5 Å². The van der Waals surface area contributed by atoms with Crippen LogP contribution in [-0.4, -0.2) is 16.9 Å². The SMILES string of the molecule is CC(C)c1ccc(C(=O)NC(=S)Nc2ccc(NC(=O)c3cccs3)cc2)cc1. The fraction of sp³-hybridized carbons (Fsp3) is 0.136. The molecule has 3 rings (SSSR count). The summed E-state index contributed by atoms with van der Waals surface area (Å²) in [6.45, 7) is 4.21. The van der Waals surface area contributed by atoms with E-state index in [-0.39, 0.29) is 16.9 Å². The summed E-state index contributed by atoms with van der Waals surface area (Å²) in [6, 6.07) is 18.2. The van der Waals surface area contributed by atoms with E-state index in [0.717, 1.165) is 0 Å². The molecule has 29 heavy (non-hydrogen) atoms. The lowest BCUT2D eigenvalue weighted by Crippen LogP contribution is -2.34. The molecular formula is C22H21N3O2S2. The maximum absolute atomic E-state index is 12.3. The number of amides is 2. The van der Waals surface area contributed by atoms with Crippen LogP contribution >= 0.6 is 23.6 Å². The van der Waals surface area contributed by atoms with Gasteiger partial charge in [0, 0.05) is 16.9 Å². The largest absolute Gasteiger partial charge is 0.332 e. The number of carbonyl (C=O) groups excluding carboxylic acids is 2. The average molecular weight is 424 g/mol. The quantitative estimate of drug-likeness (QED) is 0.490. The summed E-state index contributed by atoms with van der Waals surface area (Å²) in [5, 5.41) is 10.5. The van der Waals surface area contributed by atoms with Gasteiger partial charge in [-0.25, -0.2) is 0 Å². The topological polar surface area (TPSA) is 70.2 Å². The molecule has 1 aromatic heterocycles. The third kappa shape index (κ3) is 5.73. The van der Waals surface area contributed by atoms with Crippen LogP contribution < -0.4 is 16.0 Å². The van der Waals surface area contributed by atoms with Gasteiger partial charge in [0.15, 0.2) is 5.11 Å². The lowest BCUT2D eigenvalue weighted by Gasteiger charge is -2.11. The molecule has 0 aliphatic carbocycles. The summed E-state index contributed by atoms with van der Waals surface area (Å²) >= 11 is 6.61. The van der Waals surface area contributed by atoms with Gasteiger partial charge in [0.2, 0.25) is 0 Å². The molecule has 1 heterocycles. The molecular weight excluding hydrogens is 402 g/mol. The number of nitrogens with one attached hydrogen (secondary N) is 3. The maximum atomic E-state index is 12.3.